The summed E-state index contributed by atoms with van der Waals surface area (Å²) in [6, 6.07) is 9.95. The zero-order chi connectivity index (χ0) is 16.9. The normalized spacial score (nSPS) is 10.7. The Kier molecular flexibility index (Phi) is 4.57. The molecule has 0 atom stereocenters. The summed E-state index contributed by atoms with van der Waals surface area (Å²) in [4.78, 5) is 28.6. The second-order valence-corrected chi connectivity index (χ2v) is 5.01. The van der Waals surface area contributed by atoms with Crippen LogP contribution in [0.5, 0.6) is 0 Å². The molecular formula is C16H15N5O3. The molecule has 24 heavy (non-hydrogen) atoms. The topological polar surface area (TPSA) is 99.0 Å². The maximum atomic E-state index is 12.4. The number of amides is 1. The van der Waals surface area contributed by atoms with Crippen LogP contribution in [0.15, 0.2) is 47.4 Å². The molecule has 0 fully saturated rings. The fourth-order valence-electron chi connectivity index (χ4n) is 2.17. The van der Waals surface area contributed by atoms with Crippen LogP contribution in [0.3, 0.4) is 0 Å². The monoisotopic (exact) mass is 325 g/mol. The Morgan fingerprint density at radius 2 is 2.17 bits per heavy atom. The molecule has 0 aliphatic heterocycles. The quantitative estimate of drug-likeness (QED) is 0.754. The van der Waals surface area contributed by atoms with Crippen LogP contribution in [0.2, 0.25) is 0 Å². The Hall–Kier alpha value is -3.13. The molecule has 8 heteroatoms. The van der Waals surface area contributed by atoms with E-state index >= 15 is 0 Å². The maximum absolute atomic E-state index is 12.4. The summed E-state index contributed by atoms with van der Waals surface area (Å²) in [5.41, 5.74) is 0.958. The van der Waals surface area contributed by atoms with Crippen LogP contribution in [0.25, 0.3) is 10.9 Å². The molecule has 1 aromatic carbocycles. The Bertz CT molecular complexity index is 924. The van der Waals surface area contributed by atoms with Gasteiger partial charge in [0.2, 0.25) is 0 Å². The molecule has 0 saturated carbocycles. The third kappa shape index (κ3) is 3.28. The summed E-state index contributed by atoms with van der Waals surface area (Å²) < 4.78 is 6.18. The third-order valence-electron chi connectivity index (χ3n) is 3.38. The molecule has 2 aromatic heterocycles. The Balaban J connectivity index is 1.91. The molecule has 8 nitrogen and oxygen atoms in total. The van der Waals surface area contributed by atoms with Crippen LogP contribution in [-0.4, -0.2) is 39.6 Å². The largest absolute Gasteiger partial charge is 0.383 e. The van der Waals surface area contributed by atoms with E-state index in [1.807, 2.05) is 0 Å². The van der Waals surface area contributed by atoms with Crippen LogP contribution >= 0.6 is 0 Å². The lowest BCUT2D eigenvalue weighted by Gasteiger charge is -2.07. The summed E-state index contributed by atoms with van der Waals surface area (Å²) in [5, 5.41) is 11.0. The van der Waals surface area contributed by atoms with Gasteiger partial charge in [0.05, 0.1) is 18.5 Å². The van der Waals surface area contributed by atoms with Gasteiger partial charge in [0, 0.05) is 19.0 Å². The van der Waals surface area contributed by atoms with Crippen LogP contribution < -0.4 is 10.9 Å². The number of hydrogen-bond acceptors (Lipinski definition) is 6. The molecule has 2 heterocycles. The van der Waals surface area contributed by atoms with Gasteiger partial charge < -0.3 is 10.1 Å². The zero-order valence-corrected chi connectivity index (χ0v) is 13.0. The van der Waals surface area contributed by atoms with Gasteiger partial charge in [0.15, 0.2) is 0 Å². The summed E-state index contributed by atoms with van der Waals surface area (Å²) in [7, 11) is 1.55. The lowest BCUT2D eigenvalue weighted by molar-refractivity contribution is 0.102. The number of methoxy groups -OCH3 is 1. The van der Waals surface area contributed by atoms with E-state index in [0.29, 0.717) is 35.4 Å². The van der Waals surface area contributed by atoms with Crippen LogP contribution in [0.4, 0.5) is 5.69 Å². The first-order chi connectivity index (χ1) is 11.7. The van der Waals surface area contributed by atoms with Crippen molar-refractivity contribution < 1.29 is 9.53 Å². The van der Waals surface area contributed by atoms with E-state index < -0.39 is 0 Å². The number of ether oxygens (including phenoxy) is 1. The van der Waals surface area contributed by atoms with Crippen molar-refractivity contribution in [2.45, 2.75) is 6.54 Å². The fraction of sp³-hybridized carbons (Fsp3) is 0.188. The number of fused-ring (bicyclic) bond motifs is 1. The number of aromatic nitrogens is 4. The SMILES string of the molecule is COCCn1nnc2ccc(NC(=O)c3ccccn3)cc2c1=O. The van der Waals surface area contributed by atoms with Gasteiger partial charge in [-0.25, -0.2) is 4.68 Å². The molecule has 0 aliphatic carbocycles. The van der Waals surface area contributed by atoms with Crippen molar-refractivity contribution in [2.75, 3.05) is 19.0 Å². The number of nitrogens with one attached hydrogen (secondary N) is 1. The zero-order valence-electron chi connectivity index (χ0n) is 13.0. The minimum Gasteiger partial charge on any atom is -0.383 e. The van der Waals surface area contributed by atoms with Crippen molar-refractivity contribution in [1.29, 1.82) is 0 Å². The molecule has 1 amide bonds. The van der Waals surface area contributed by atoms with Crippen molar-refractivity contribution >= 4 is 22.5 Å². The van der Waals surface area contributed by atoms with Gasteiger partial charge in [-0.2, -0.15) is 0 Å². The standard InChI is InChI=1S/C16H15N5O3/c1-24-9-8-21-16(23)12-10-11(5-6-13(12)19-20-21)18-15(22)14-4-2-3-7-17-14/h2-7,10H,8-9H2,1H3,(H,18,22). The van der Waals surface area contributed by atoms with E-state index in [1.165, 1.54) is 4.68 Å². The molecule has 3 aromatic rings. The maximum Gasteiger partial charge on any atom is 0.277 e. The van der Waals surface area contributed by atoms with Gasteiger partial charge >= 0.3 is 0 Å². The van der Waals surface area contributed by atoms with E-state index in [1.54, 1.807) is 49.7 Å². The van der Waals surface area contributed by atoms with E-state index in [9.17, 15) is 9.59 Å². The minimum absolute atomic E-state index is 0.286. The summed E-state index contributed by atoms with van der Waals surface area (Å²) in [6.45, 7) is 0.666. The van der Waals surface area contributed by atoms with Crippen molar-refractivity contribution in [1.82, 2.24) is 20.0 Å². The minimum atomic E-state index is -0.350. The first-order valence-electron chi connectivity index (χ1n) is 7.28. The number of hydrogen-bond donors (Lipinski definition) is 1. The molecule has 0 bridgehead atoms. The van der Waals surface area contributed by atoms with Crippen molar-refractivity contribution in [2.24, 2.45) is 0 Å². The highest BCUT2D eigenvalue weighted by Gasteiger charge is 2.10. The van der Waals surface area contributed by atoms with Crippen LogP contribution in [0, 0.1) is 0 Å². The lowest BCUT2D eigenvalue weighted by atomic mass is 10.2. The Labute approximate surface area is 137 Å². The molecule has 0 saturated heterocycles. The van der Waals surface area contributed by atoms with E-state index in [4.69, 9.17) is 4.74 Å². The number of benzene rings is 1. The van der Waals surface area contributed by atoms with E-state index in [2.05, 4.69) is 20.6 Å². The van der Waals surface area contributed by atoms with Crippen LogP contribution in [-0.2, 0) is 11.3 Å². The smallest absolute Gasteiger partial charge is 0.277 e. The molecule has 0 unspecified atom stereocenters. The van der Waals surface area contributed by atoms with Gasteiger partial charge in [0.1, 0.15) is 11.2 Å². The summed E-state index contributed by atoms with van der Waals surface area (Å²) in [6.07, 6.45) is 1.54. The predicted octanol–water partition coefficient (Wildman–Crippen LogP) is 1.09. The van der Waals surface area contributed by atoms with Gasteiger partial charge in [-0.15, -0.1) is 5.10 Å². The first kappa shape index (κ1) is 15.8. The molecule has 1 N–H and O–H groups in total. The number of nitrogens with zero attached hydrogens (tertiary/aromatic N) is 4. The highest BCUT2D eigenvalue weighted by atomic mass is 16.5. The van der Waals surface area contributed by atoms with Gasteiger partial charge in [0.25, 0.3) is 11.5 Å². The lowest BCUT2D eigenvalue weighted by Crippen LogP contribution is -2.26. The van der Waals surface area contributed by atoms with Gasteiger partial charge in [-0.1, -0.05) is 11.3 Å². The van der Waals surface area contributed by atoms with Crippen molar-refractivity contribution in [3.8, 4) is 0 Å². The van der Waals surface area contributed by atoms with Crippen molar-refractivity contribution in [3.05, 3.63) is 58.6 Å². The molecule has 0 aliphatic rings. The summed E-state index contributed by atoms with van der Waals surface area (Å²) >= 11 is 0. The second kappa shape index (κ2) is 6.97. The highest BCUT2D eigenvalue weighted by molar-refractivity contribution is 6.03. The third-order valence-corrected chi connectivity index (χ3v) is 3.38. The molecule has 122 valence electrons. The second-order valence-electron chi connectivity index (χ2n) is 5.01. The molecular weight excluding hydrogens is 310 g/mol. The molecule has 0 spiro atoms. The molecule has 0 radical (unpaired) electrons. The Morgan fingerprint density at radius 1 is 1.29 bits per heavy atom. The number of rotatable bonds is 5. The molecule has 3 rings (SSSR count). The number of carbonyl (C=O) groups excluding carboxylic acids is 1. The Morgan fingerprint density at radius 3 is 2.92 bits per heavy atom. The van der Waals surface area contributed by atoms with Crippen LogP contribution in [0.1, 0.15) is 10.5 Å². The average molecular weight is 325 g/mol. The predicted molar refractivity (Wildman–Crippen MR) is 87.9 cm³/mol. The average Bonchev–Trinajstić information content (AvgIpc) is 2.62. The van der Waals surface area contributed by atoms with E-state index in [0.717, 1.165) is 0 Å². The number of anilines is 1. The number of pyridine rings is 1. The van der Waals surface area contributed by atoms with Gasteiger partial charge in [-0.3, -0.25) is 14.6 Å². The summed E-state index contributed by atoms with van der Waals surface area (Å²) in [5.74, 6) is -0.350. The number of carbonyl (C=O) groups is 1. The fourth-order valence-corrected chi connectivity index (χ4v) is 2.17. The van der Waals surface area contributed by atoms with Gasteiger partial charge in [-0.05, 0) is 30.3 Å². The van der Waals surface area contributed by atoms with E-state index in [-0.39, 0.29) is 11.5 Å². The van der Waals surface area contributed by atoms with Crippen molar-refractivity contribution in [3.63, 3.8) is 0 Å². The first-order valence-corrected chi connectivity index (χ1v) is 7.28. The highest BCUT2D eigenvalue weighted by Crippen LogP contribution is 2.14.